The summed E-state index contributed by atoms with van der Waals surface area (Å²) in [6.07, 6.45) is 0.900. The van der Waals surface area contributed by atoms with Gasteiger partial charge in [0, 0.05) is 7.11 Å². The molecule has 5 heteroatoms. The van der Waals surface area contributed by atoms with Gasteiger partial charge in [-0.25, -0.2) is 9.78 Å². The van der Waals surface area contributed by atoms with Gasteiger partial charge in [-0.3, -0.25) is 0 Å². The van der Waals surface area contributed by atoms with Gasteiger partial charge in [0.25, 0.3) is 0 Å². The molecule has 0 saturated heterocycles. The molecule has 1 aromatic carbocycles. The molecule has 19 heavy (non-hydrogen) atoms. The molecule has 1 aromatic heterocycles. The number of hydrogen-bond acceptors (Lipinski definition) is 3. The molecule has 0 amide bonds. The molecule has 0 aliphatic rings. The van der Waals surface area contributed by atoms with Gasteiger partial charge in [0.05, 0.1) is 23.7 Å². The summed E-state index contributed by atoms with van der Waals surface area (Å²) < 4.78 is 7.30. The summed E-state index contributed by atoms with van der Waals surface area (Å²) in [4.78, 5) is 15.6. The molecule has 0 spiro atoms. The molecule has 0 saturated carbocycles. The molecule has 1 unspecified atom stereocenters. The second kappa shape index (κ2) is 5.40. The van der Waals surface area contributed by atoms with Gasteiger partial charge < -0.3 is 14.4 Å². The minimum absolute atomic E-state index is 0.166. The molecule has 2 aromatic rings. The average Bonchev–Trinajstić information content (AvgIpc) is 2.71. The van der Waals surface area contributed by atoms with Crippen LogP contribution >= 0.6 is 0 Å². The highest BCUT2D eigenvalue weighted by atomic mass is 16.5. The van der Waals surface area contributed by atoms with E-state index in [4.69, 9.17) is 4.74 Å². The minimum Gasteiger partial charge on any atom is -0.478 e. The van der Waals surface area contributed by atoms with Crippen LogP contribution in [0, 0.1) is 6.92 Å². The minimum atomic E-state index is -0.949. The Balaban J connectivity index is 2.65. The molecule has 2 rings (SSSR count). The number of carboxylic acid groups (broad SMARTS) is 1. The lowest BCUT2D eigenvalue weighted by molar-refractivity contribution is 0.0699. The van der Waals surface area contributed by atoms with E-state index in [1.807, 2.05) is 13.0 Å². The Morgan fingerprint density at radius 2 is 2.26 bits per heavy atom. The third-order valence-electron chi connectivity index (χ3n) is 3.32. The summed E-state index contributed by atoms with van der Waals surface area (Å²) in [5, 5.41) is 9.21. The standard InChI is InChI=1S/C14H18N2O3/c1-4-10(8-19-3)16-9(2)15-13-11(14(17)18)6-5-7-12(13)16/h5-7,10H,4,8H2,1-3H3,(H,17,18). The van der Waals surface area contributed by atoms with Crippen LogP contribution in [0.2, 0.25) is 0 Å². The summed E-state index contributed by atoms with van der Waals surface area (Å²) in [5.41, 5.74) is 1.63. The van der Waals surface area contributed by atoms with Gasteiger partial charge in [-0.15, -0.1) is 0 Å². The van der Waals surface area contributed by atoms with Crippen molar-refractivity contribution in [2.45, 2.75) is 26.3 Å². The highest BCUT2D eigenvalue weighted by Gasteiger charge is 2.19. The first-order chi connectivity index (χ1) is 9.10. The Morgan fingerprint density at radius 1 is 1.53 bits per heavy atom. The molecule has 1 atom stereocenters. The van der Waals surface area contributed by atoms with Crippen molar-refractivity contribution in [1.82, 2.24) is 9.55 Å². The Hall–Kier alpha value is -1.88. The molecule has 0 bridgehead atoms. The van der Waals surface area contributed by atoms with E-state index in [-0.39, 0.29) is 11.6 Å². The van der Waals surface area contributed by atoms with Crippen LogP contribution in [0.25, 0.3) is 11.0 Å². The van der Waals surface area contributed by atoms with Gasteiger partial charge in [-0.2, -0.15) is 0 Å². The topological polar surface area (TPSA) is 64.4 Å². The van der Waals surface area contributed by atoms with Crippen LogP contribution in [0.15, 0.2) is 18.2 Å². The lowest BCUT2D eigenvalue weighted by Crippen LogP contribution is -2.15. The normalized spacial score (nSPS) is 12.8. The number of para-hydroxylation sites is 1. The number of rotatable bonds is 5. The summed E-state index contributed by atoms with van der Waals surface area (Å²) in [5.74, 6) is -0.136. The van der Waals surface area contributed by atoms with Gasteiger partial charge in [0.2, 0.25) is 0 Å². The number of imidazole rings is 1. The molecular weight excluding hydrogens is 244 g/mol. The molecule has 1 N–H and O–H groups in total. The molecule has 0 radical (unpaired) electrons. The zero-order valence-electron chi connectivity index (χ0n) is 11.4. The number of aryl methyl sites for hydroxylation is 1. The maximum absolute atomic E-state index is 11.2. The number of fused-ring (bicyclic) bond motifs is 1. The zero-order valence-corrected chi connectivity index (χ0v) is 11.4. The van der Waals surface area contributed by atoms with Gasteiger partial charge in [-0.05, 0) is 25.5 Å². The Kier molecular flexibility index (Phi) is 3.85. The summed E-state index contributed by atoms with van der Waals surface area (Å²) in [7, 11) is 1.67. The van der Waals surface area contributed by atoms with Crippen LogP contribution in [-0.2, 0) is 4.74 Å². The van der Waals surface area contributed by atoms with Crippen molar-refractivity contribution in [3.63, 3.8) is 0 Å². The maximum atomic E-state index is 11.2. The van der Waals surface area contributed by atoms with E-state index in [1.165, 1.54) is 0 Å². The van der Waals surface area contributed by atoms with E-state index in [2.05, 4.69) is 16.5 Å². The molecule has 0 aliphatic carbocycles. The third kappa shape index (κ3) is 2.33. The van der Waals surface area contributed by atoms with E-state index in [0.29, 0.717) is 12.1 Å². The highest BCUT2D eigenvalue weighted by molar-refractivity contribution is 6.01. The summed E-state index contributed by atoms with van der Waals surface area (Å²) in [6.45, 7) is 4.56. The van der Waals surface area contributed by atoms with Crippen molar-refractivity contribution in [3.8, 4) is 0 Å². The van der Waals surface area contributed by atoms with Gasteiger partial charge >= 0.3 is 5.97 Å². The Labute approximate surface area is 111 Å². The summed E-state index contributed by atoms with van der Waals surface area (Å²) >= 11 is 0. The van der Waals surface area contributed by atoms with Crippen LogP contribution in [0.3, 0.4) is 0 Å². The van der Waals surface area contributed by atoms with E-state index >= 15 is 0 Å². The molecule has 0 aliphatic heterocycles. The predicted octanol–water partition coefficient (Wildman–Crippen LogP) is 2.64. The second-order valence-electron chi connectivity index (χ2n) is 4.52. The van der Waals surface area contributed by atoms with Crippen LogP contribution < -0.4 is 0 Å². The van der Waals surface area contributed by atoms with E-state index < -0.39 is 5.97 Å². The predicted molar refractivity (Wildman–Crippen MR) is 72.6 cm³/mol. The highest BCUT2D eigenvalue weighted by Crippen LogP contribution is 2.25. The SMILES string of the molecule is CCC(COC)n1c(C)nc2c(C(=O)O)cccc21. The Bertz CT molecular complexity index is 604. The van der Waals surface area contributed by atoms with Crippen LogP contribution in [0.1, 0.15) is 35.6 Å². The first kappa shape index (κ1) is 13.5. The third-order valence-corrected chi connectivity index (χ3v) is 3.32. The lowest BCUT2D eigenvalue weighted by Gasteiger charge is -2.18. The van der Waals surface area contributed by atoms with E-state index in [0.717, 1.165) is 17.8 Å². The first-order valence-electron chi connectivity index (χ1n) is 6.29. The van der Waals surface area contributed by atoms with Crippen molar-refractivity contribution < 1.29 is 14.6 Å². The van der Waals surface area contributed by atoms with Gasteiger partial charge in [0.1, 0.15) is 11.3 Å². The largest absolute Gasteiger partial charge is 0.478 e. The number of benzene rings is 1. The van der Waals surface area contributed by atoms with Crippen LogP contribution in [-0.4, -0.2) is 34.3 Å². The van der Waals surface area contributed by atoms with Gasteiger partial charge in [0.15, 0.2) is 0 Å². The maximum Gasteiger partial charge on any atom is 0.337 e. The number of carbonyl (C=O) groups is 1. The van der Waals surface area contributed by atoms with Crippen LogP contribution in [0.4, 0.5) is 0 Å². The second-order valence-corrected chi connectivity index (χ2v) is 4.52. The first-order valence-corrected chi connectivity index (χ1v) is 6.29. The van der Waals surface area contributed by atoms with Crippen molar-refractivity contribution in [1.29, 1.82) is 0 Å². The molecule has 102 valence electrons. The van der Waals surface area contributed by atoms with E-state index in [1.54, 1.807) is 19.2 Å². The van der Waals surface area contributed by atoms with Crippen molar-refractivity contribution in [3.05, 3.63) is 29.6 Å². The van der Waals surface area contributed by atoms with Crippen molar-refractivity contribution in [2.75, 3.05) is 13.7 Å². The fourth-order valence-electron chi connectivity index (χ4n) is 2.43. The van der Waals surface area contributed by atoms with Crippen molar-refractivity contribution >= 4 is 17.0 Å². The fourth-order valence-corrected chi connectivity index (χ4v) is 2.43. The molecular formula is C14H18N2O3. The number of aromatic carboxylic acids is 1. The zero-order chi connectivity index (χ0) is 14.0. The number of nitrogens with zero attached hydrogens (tertiary/aromatic N) is 2. The quantitative estimate of drug-likeness (QED) is 0.899. The fraction of sp³-hybridized carbons (Fsp3) is 0.429. The number of aromatic nitrogens is 2. The Morgan fingerprint density at radius 3 is 2.84 bits per heavy atom. The van der Waals surface area contributed by atoms with Gasteiger partial charge in [-0.1, -0.05) is 13.0 Å². The molecule has 1 heterocycles. The number of methoxy groups -OCH3 is 1. The van der Waals surface area contributed by atoms with Crippen molar-refractivity contribution in [2.24, 2.45) is 0 Å². The average molecular weight is 262 g/mol. The number of ether oxygens (including phenoxy) is 1. The number of hydrogen-bond donors (Lipinski definition) is 1. The lowest BCUT2D eigenvalue weighted by atomic mass is 10.1. The molecule has 0 fully saturated rings. The summed E-state index contributed by atoms with van der Waals surface area (Å²) in [6, 6.07) is 5.40. The molecule has 5 nitrogen and oxygen atoms in total. The number of carboxylic acids is 1. The smallest absolute Gasteiger partial charge is 0.337 e. The van der Waals surface area contributed by atoms with Crippen LogP contribution in [0.5, 0.6) is 0 Å². The van der Waals surface area contributed by atoms with E-state index in [9.17, 15) is 9.90 Å². The monoisotopic (exact) mass is 262 g/mol.